The second kappa shape index (κ2) is 6.00. The predicted molar refractivity (Wildman–Crippen MR) is 77.0 cm³/mol. The molecule has 1 N–H and O–H groups in total. The summed E-state index contributed by atoms with van der Waals surface area (Å²) in [6.07, 6.45) is -2.26. The second-order valence-electron chi connectivity index (χ2n) is 4.68. The highest BCUT2D eigenvalue weighted by Gasteiger charge is 2.30. The highest BCUT2D eigenvalue weighted by Crippen LogP contribution is 2.30. The number of pyridine rings is 2. The van der Waals surface area contributed by atoms with E-state index in [4.69, 9.17) is 9.78 Å². The first-order valence-corrected chi connectivity index (χ1v) is 6.59. The maximum atomic E-state index is 12.5. The zero-order chi connectivity index (χ0) is 17.2. The van der Waals surface area contributed by atoms with Crippen LogP contribution in [0.25, 0.3) is 11.4 Å². The summed E-state index contributed by atoms with van der Waals surface area (Å²) in [5.41, 5.74) is 0.534. The normalized spacial score (nSPS) is 11.1. The van der Waals surface area contributed by atoms with Crippen LogP contribution in [0.1, 0.15) is 11.3 Å². The fraction of sp³-hybridized carbons (Fsp3) is 0.0667. The fourth-order valence-corrected chi connectivity index (χ4v) is 1.84. The largest absolute Gasteiger partial charge is 0.417 e. The van der Waals surface area contributed by atoms with Crippen molar-refractivity contribution in [2.75, 3.05) is 5.32 Å². The second-order valence-corrected chi connectivity index (χ2v) is 4.68. The van der Waals surface area contributed by atoms with Crippen molar-refractivity contribution in [3.8, 4) is 17.5 Å². The monoisotopic (exact) mass is 331 g/mol. The molecule has 0 aliphatic carbocycles. The molecule has 3 rings (SSSR count). The third-order valence-corrected chi connectivity index (χ3v) is 3.01. The molecule has 0 saturated carbocycles. The minimum absolute atomic E-state index is 0.248. The molecule has 120 valence electrons. The topological polar surface area (TPSA) is 87.6 Å². The first-order valence-electron chi connectivity index (χ1n) is 6.59. The van der Waals surface area contributed by atoms with E-state index in [1.54, 1.807) is 6.07 Å². The van der Waals surface area contributed by atoms with E-state index in [0.29, 0.717) is 5.69 Å². The molecule has 0 aliphatic rings. The number of alkyl halides is 3. The Morgan fingerprint density at radius 1 is 1.04 bits per heavy atom. The summed E-state index contributed by atoms with van der Waals surface area (Å²) < 4.78 is 42.6. The van der Waals surface area contributed by atoms with Gasteiger partial charge in [0.2, 0.25) is 5.88 Å². The first-order chi connectivity index (χ1) is 11.5. The van der Waals surface area contributed by atoms with E-state index < -0.39 is 11.7 Å². The van der Waals surface area contributed by atoms with E-state index in [0.717, 1.165) is 12.3 Å². The highest BCUT2D eigenvalue weighted by molar-refractivity contribution is 5.61. The molecule has 24 heavy (non-hydrogen) atoms. The third-order valence-electron chi connectivity index (χ3n) is 3.01. The quantitative estimate of drug-likeness (QED) is 0.786. The molecule has 0 bridgehead atoms. The van der Waals surface area contributed by atoms with Gasteiger partial charge in [0.1, 0.15) is 17.5 Å². The van der Waals surface area contributed by atoms with Crippen molar-refractivity contribution in [1.29, 1.82) is 5.26 Å². The predicted octanol–water partition coefficient (Wildman–Crippen LogP) is 3.77. The Kier molecular flexibility index (Phi) is 3.87. The highest BCUT2D eigenvalue weighted by atomic mass is 19.4. The van der Waals surface area contributed by atoms with Gasteiger partial charge in [0.05, 0.1) is 23.1 Å². The van der Waals surface area contributed by atoms with Crippen LogP contribution in [-0.4, -0.2) is 15.1 Å². The first kappa shape index (κ1) is 15.5. The zero-order valence-electron chi connectivity index (χ0n) is 11.9. The van der Waals surface area contributed by atoms with Gasteiger partial charge in [0, 0.05) is 12.3 Å². The maximum absolute atomic E-state index is 12.5. The van der Waals surface area contributed by atoms with Crippen LogP contribution in [0.2, 0.25) is 0 Å². The van der Waals surface area contributed by atoms with Crippen molar-refractivity contribution in [2.24, 2.45) is 0 Å². The zero-order valence-corrected chi connectivity index (χ0v) is 11.9. The van der Waals surface area contributed by atoms with E-state index in [2.05, 4.69) is 20.4 Å². The Bertz CT molecular complexity index is 879. The van der Waals surface area contributed by atoms with Crippen LogP contribution in [0, 0.1) is 11.3 Å². The molecule has 0 atom stereocenters. The molecular formula is C15H8F3N5O. The molecule has 0 aliphatic heterocycles. The number of nitrogens with zero attached hydrogens (tertiary/aromatic N) is 4. The average molecular weight is 331 g/mol. The molecule has 6 nitrogen and oxygen atoms in total. The molecule has 0 amide bonds. The molecule has 9 heteroatoms. The van der Waals surface area contributed by atoms with Crippen molar-refractivity contribution in [2.45, 2.75) is 6.18 Å². The summed E-state index contributed by atoms with van der Waals surface area (Å²) in [6, 6.07) is 8.68. The molecule has 0 saturated heterocycles. The van der Waals surface area contributed by atoms with Crippen LogP contribution in [0.4, 0.5) is 24.7 Å². The van der Waals surface area contributed by atoms with Crippen molar-refractivity contribution in [1.82, 2.24) is 15.1 Å². The van der Waals surface area contributed by atoms with E-state index >= 15 is 0 Å². The molecule has 0 fully saturated rings. The Morgan fingerprint density at radius 2 is 1.88 bits per heavy atom. The summed E-state index contributed by atoms with van der Waals surface area (Å²) in [4.78, 5) is 7.63. The van der Waals surface area contributed by atoms with Gasteiger partial charge < -0.3 is 9.84 Å². The Labute approximate surface area is 133 Å². The number of aromatic nitrogens is 3. The van der Waals surface area contributed by atoms with Crippen LogP contribution >= 0.6 is 0 Å². The van der Waals surface area contributed by atoms with Crippen LogP contribution in [-0.2, 0) is 6.18 Å². The van der Waals surface area contributed by atoms with E-state index in [1.165, 1.54) is 24.4 Å². The van der Waals surface area contributed by atoms with Gasteiger partial charge in [0.15, 0.2) is 0 Å². The van der Waals surface area contributed by atoms with Crippen LogP contribution in [0.5, 0.6) is 0 Å². The minimum Gasteiger partial charge on any atom is -0.338 e. The molecule has 0 spiro atoms. The number of nitriles is 1. The van der Waals surface area contributed by atoms with E-state index in [1.807, 2.05) is 6.07 Å². The number of halogens is 3. The number of anilines is 2. The SMILES string of the molecule is N#Cc1ccc(Nc2cc(-c3ccc(C(F)(F)F)cn3)no2)cn1. The van der Waals surface area contributed by atoms with Crippen LogP contribution in [0.3, 0.4) is 0 Å². The molecule has 3 aromatic heterocycles. The van der Waals surface area contributed by atoms with Crippen LogP contribution < -0.4 is 5.32 Å². The molecule has 3 heterocycles. The van der Waals surface area contributed by atoms with Crippen molar-refractivity contribution in [3.63, 3.8) is 0 Å². The van der Waals surface area contributed by atoms with E-state index in [-0.39, 0.29) is 23.0 Å². The number of hydrogen-bond acceptors (Lipinski definition) is 6. The van der Waals surface area contributed by atoms with E-state index in [9.17, 15) is 13.2 Å². The van der Waals surface area contributed by atoms with Gasteiger partial charge in [-0.05, 0) is 24.3 Å². The average Bonchev–Trinajstić information content (AvgIpc) is 3.03. The molecule has 0 unspecified atom stereocenters. The van der Waals surface area contributed by atoms with Gasteiger partial charge in [-0.15, -0.1) is 0 Å². The van der Waals surface area contributed by atoms with Gasteiger partial charge in [-0.25, -0.2) is 4.98 Å². The summed E-state index contributed by atoms with van der Waals surface area (Å²) in [5, 5.41) is 15.3. The summed E-state index contributed by atoms with van der Waals surface area (Å²) in [7, 11) is 0. The van der Waals surface area contributed by atoms with Crippen molar-refractivity contribution >= 4 is 11.6 Å². The molecule has 0 radical (unpaired) electrons. The Hall–Kier alpha value is -3.41. The van der Waals surface area contributed by atoms with Gasteiger partial charge in [0.25, 0.3) is 0 Å². The lowest BCUT2D eigenvalue weighted by Crippen LogP contribution is -2.05. The summed E-state index contributed by atoms with van der Waals surface area (Å²) >= 11 is 0. The molecular weight excluding hydrogens is 323 g/mol. The Balaban J connectivity index is 1.76. The number of rotatable bonds is 3. The van der Waals surface area contributed by atoms with Crippen LogP contribution in [0.15, 0.2) is 47.2 Å². The third kappa shape index (κ3) is 3.33. The molecule has 0 aromatic carbocycles. The summed E-state index contributed by atoms with van der Waals surface area (Å²) in [5.74, 6) is 0.262. The summed E-state index contributed by atoms with van der Waals surface area (Å²) in [6.45, 7) is 0. The smallest absolute Gasteiger partial charge is 0.338 e. The number of nitrogens with one attached hydrogen (secondary N) is 1. The van der Waals surface area contributed by atoms with Gasteiger partial charge >= 0.3 is 6.18 Å². The lowest BCUT2D eigenvalue weighted by Gasteiger charge is -2.05. The fourth-order valence-electron chi connectivity index (χ4n) is 1.84. The standard InChI is InChI=1S/C15H8F3N5O/c16-15(17,18)9-1-4-12(21-7-9)13-5-14(24-23-13)22-11-3-2-10(6-19)20-8-11/h1-5,7-8,22H. The van der Waals surface area contributed by atoms with Crippen molar-refractivity contribution < 1.29 is 17.7 Å². The lowest BCUT2D eigenvalue weighted by molar-refractivity contribution is -0.137. The van der Waals surface area contributed by atoms with Gasteiger partial charge in [-0.1, -0.05) is 5.16 Å². The van der Waals surface area contributed by atoms with Gasteiger partial charge in [-0.2, -0.15) is 18.4 Å². The number of hydrogen-bond donors (Lipinski definition) is 1. The molecule has 3 aromatic rings. The lowest BCUT2D eigenvalue weighted by atomic mass is 10.2. The Morgan fingerprint density at radius 3 is 2.46 bits per heavy atom. The minimum atomic E-state index is -4.44. The van der Waals surface area contributed by atoms with Gasteiger partial charge in [-0.3, -0.25) is 4.98 Å². The maximum Gasteiger partial charge on any atom is 0.417 e. The van der Waals surface area contributed by atoms with Crippen molar-refractivity contribution in [3.05, 3.63) is 54.0 Å².